The summed E-state index contributed by atoms with van der Waals surface area (Å²) in [4.78, 5) is 37.5. The Morgan fingerprint density at radius 2 is 1.75 bits per heavy atom. The highest BCUT2D eigenvalue weighted by molar-refractivity contribution is 6.01. The van der Waals surface area contributed by atoms with Crippen LogP contribution in [0.15, 0.2) is 42.5 Å². The zero-order valence-corrected chi connectivity index (χ0v) is 20.7. The van der Waals surface area contributed by atoms with Crippen molar-refractivity contribution >= 4 is 29.3 Å². The van der Waals surface area contributed by atoms with Crippen LogP contribution in [0, 0.1) is 6.92 Å². The second-order valence-electron chi connectivity index (χ2n) is 8.49. The molecule has 0 bridgehead atoms. The van der Waals surface area contributed by atoms with Gasteiger partial charge in [-0.15, -0.1) is 0 Å². The molecule has 0 saturated carbocycles. The van der Waals surface area contributed by atoms with E-state index in [2.05, 4.69) is 10.6 Å². The number of carbonyl (C=O) groups excluding carboxylic acids is 2. The second-order valence-corrected chi connectivity index (χ2v) is 8.49. The third-order valence-corrected chi connectivity index (χ3v) is 5.58. The summed E-state index contributed by atoms with van der Waals surface area (Å²) in [6, 6.07) is 12.0. The molecule has 0 saturated heterocycles. The number of carbonyl (C=O) groups is 3. The number of carboxylic acids is 1. The smallest absolute Gasteiger partial charge is 0.323 e. The lowest BCUT2D eigenvalue weighted by molar-refractivity contribution is -0.137. The molecule has 2 rings (SSSR count). The lowest BCUT2D eigenvalue weighted by Crippen LogP contribution is -2.40. The van der Waals surface area contributed by atoms with Crippen LogP contribution in [0.1, 0.15) is 36.8 Å². The summed E-state index contributed by atoms with van der Waals surface area (Å²) in [6.45, 7) is 1.73. The first-order valence-electron chi connectivity index (χ1n) is 11.8. The normalized spacial score (nSPS) is 11.4. The average Bonchev–Trinajstić information content (AvgIpc) is 2.84. The Labute approximate surface area is 210 Å². The van der Waals surface area contributed by atoms with Crippen molar-refractivity contribution in [2.24, 2.45) is 0 Å². The summed E-state index contributed by atoms with van der Waals surface area (Å²) in [5.41, 5.74) is 2.69. The molecule has 0 heterocycles. The first-order valence-corrected chi connectivity index (χ1v) is 11.8. The van der Waals surface area contributed by atoms with Crippen molar-refractivity contribution in [3.63, 3.8) is 0 Å². The number of amides is 3. The zero-order chi connectivity index (χ0) is 26.5. The molecule has 1 unspecified atom stereocenters. The molecular weight excluding hydrogens is 466 g/mol. The van der Waals surface area contributed by atoms with Crippen molar-refractivity contribution in [3.8, 4) is 5.75 Å². The molecule has 0 spiro atoms. The summed E-state index contributed by atoms with van der Waals surface area (Å²) in [6.07, 6.45) is 0.739. The third-order valence-electron chi connectivity index (χ3n) is 5.58. The van der Waals surface area contributed by atoms with Crippen LogP contribution in [0.4, 0.5) is 16.2 Å². The number of hydrogen-bond donors (Lipinski definition) is 5. The van der Waals surface area contributed by atoms with Gasteiger partial charge in [-0.25, -0.2) is 4.79 Å². The first kappa shape index (κ1) is 28.6. The summed E-state index contributed by atoms with van der Waals surface area (Å²) in [7, 11) is 1.46. The van der Waals surface area contributed by atoms with Crippen LogP contribution in [0.2, 0.25) is 0 Å². The van der Waals surface area contributed by atoms with Gasteiger partial charge in [0, 0.05) is 25.2 Å². The largest absolute Gasteiger partial charge is 0.495 e. The molecule has 2 aromatic rings. The van der Waals surface area contributed by atoms with Crippen LogP contribution in [-0.2, 0) is 16.0 Å². The topological polar surface area (TPSA) is 148 Å². The molecule has 2 aromatic carbocycles. The highest BCUT2D eigenvalue weighted by Gasteiger charge is 2.19. The fourth-order valence-electron chi connectivity index (χ4n) is 3.61. The fourth-order valence-corrected chi connectivity index (χ4v) is 3.61. The highest BCUT2D eigenvalue weighted by Crippen LogP contribution is 2.26. The van der Waals surface area contributed by atoms with Gasteiger partial charge in [-0.2, -0.15) is 0 Å². The lowest BCUT2D eigenvalue weighted by atomic mass is 10.1. The van der Waals surface area contributed by atoms with Gasteiger partial charge < -0.3 is 35.6 Å². The van der Waals surface area contributed by atoms with Gasteiger partial charge in [0.1, 0.15) is 5.75 Å². The van der Waals surface area contributed by atoms with E-state index in [0.29, 0.717) is 48.5 Å². The predicted octanol–water partition coefficient (Wildman–Crippen LogP) is 3.02. The minimum atomic E-state index is -1.07. The number of nitrogens with zero attached hydrogens (tertiary/aromatic N) is 1. The maximum Gasteiger partial charge on any atom is 0.323 e. The standard InChI is InChI=1S/C26H35N3O7/c1-18-8-5-6-9-21(18)27-26(35)28-22-12-11-19(14-23(22)36-2)15-24(32)29(16-20(31)17-30)13-7-3-4-10-25(33)34/h5-6,8-9,11-12,14,20,30-31H,3-4,7,10,13,15-17H2,1-2H3,(H,33,34)(H2,27,28,35). The van der Waals surface area contributed by atoms with E-state index >= 15 is 0 Å². The van der Waals surface area contributed by atoms with Crippen molar-refractivity contribution in [2.75, 3.05) is 37.4 Å². The van der Waals surface area contributed by atoms with Crippen LogP contribution >= 0.6 is 0 Å². The highest BCUT2D eigenvalue weighted by atomic mass is 16.5. The molecule has 196 valence electrons. The van der Waals surface area contributed by atoms with E-state index in [1.54, 1.807) is 24.3 Å². The summed E-state index contributed by atoms with van der Waals surface area (Å²) in [5, 5.41) is 33.3. The fraction of sp³-hybridized carbons (Fsp3) is 0.423. The second kappa shape index (κ2) is 14.7. The molecule has 0 aromatic heterocycles. The minimum absolute atomic E-state index is 0.0237. The molecule has 0 aliphatic rings. The van der Waals surface area contributed by atoms with E-state index in [1.807, 2.05) is 25.1 Å². The van der Waals surface area contributed by atoms with Crippen LogP contribution in [-0.4, -0.2) is 71.0 Å². The van der Waals surface area contributed by atoms with Crippen molar-refractivity contribution < 1.29 is 34.4 Å². The van der Waals surface area contributed by atoms with E-state index in [0.717, 1.165) is 5.56 Å². The summed E-state index contributed by atoms with van der Waals surface area (Å²) < 4.78 is 5.41. The molecule has 0 radical (unpaired) electrons. The number of unbranched alkanes of at least 4 members (excludes halogenated alkanes) is 2. The molecule has 1 atom stereocenters. The molecule has 5 N–H and O–H groups in total. The maximum atomic E-state index is 13.0. The number of anilines is 2. The number of aliphatic hydroxyl groups excluding tert-OH is 2. The zero-order valence-electron chi connectivity index (χ0n) is 20.7. The number of methoxy groups -OCH3 is 1. The Balaban J connectivity index is 2.02. The van der Waals surface area contributed by atoms with Gasteiger partial charge in [0.25, 0.3) is 0 Å². The Kier molecular flexibility index (Phi) is 11.7. The first-order chi connectivity index (χ1) is 17.2. The molecule has 3 amide bonds. The van der Waals surface area contributed by atoms with Crippen molar-refractivity contribution in [1.82, 2.24) is 4.90 Å². The molecule has 36 heavy (non-hydrogen) atoms. The van der Waals surface area contributed by atoms with Crippen LogP contribution in [0.3, 0.4) is 0 Å². The van der Waals surface area contributed by atoms with E-state index in [-0.39, 0.29) is 25.3 Å². The van der Waals surface area contributed by atoms with Crippen molar-refractivity contribution in [1.29, 1.82) is 0 Å². The molecule has 10 heteroatoms. The SMILES string of the molecule is COc1cc(CC(=O)N(CCCCCC(=O)O)CC(O)CO)ccc1NC(=O)Nc1ccccc1C. The lowest BCUT2D eigenvalue weighted by Gasteiger charge is -2.25. The van der Waals surface area contributed by atoms with Crippen molar-refractivity contribution in [3.05, 3.63) is 53.6 Å². The third kappa shape index (κ3) is 9.55. The van der Waals surface area contributed by atoms with Gasteiger partial charge in [0.15, 0.2) is 0 Å². The molecule has 10 nitrogen and oxygen atoms in total. The van der Waals surface area contributed by atoms with E-state index in [4.69, 9.17) is 9.84 Å². The number of hydrogen-bond acceptors (Lipinski definition) is 6. The van der Waals surface area contributed by atoms with Crippen molar-refractivity contribution in [2.45, 2.75) is 45.1 Å². The van der Waals surface area contributed by atoms with Gasteiger partial charge in [0.05, 0.1) is 31.9 Å². The number of ether oxygens (including phenoxy) is 1. The van der Waals surface area contributed by atoms with Gasteiger partial charge in [-0.3, -0.25) is 9.59 Å². The van der Waals surface area contributed by atoms with Crippen LogP contribution in [0.25, 0.3) is 0 Å². The number of carboxylic acid groups (broad SMARTS) is 1. The molecule has 0 aliphatic carbocycles. The van der Waals surface area contributed by atoms with Gasteiger partial charge in [0.2, 0.25) is 5.91 Å². The van der Waals surface area contributed by atoms with E-state index in [9.17, 15) is 24.6 Å². The Morgan fingerprint density at radius 3 is 2.42 bits per heavy atom. The monoisotopic (exact) mass is 501 g/mol. The Morgan fingerprint density at radius 1 is 1.03 bits per heavy atom. The molecule has 0 fully saturated rings. The number of aryl methyl sites for hydroxylation is 1. The maximum absolute atomic E-state index is 13.0. The molecular formula is C26H35N3O7. The number of para-hydroxylation sites is 1. The van der Waals surface area contributed by atoms with Gasteiger partial charge in [-0.05, 0) is 49.1 Å². The minimum Gasteiger partial charge on any atom is -0.495 e. The summed E-state index contributed by atoms with van der Waals surface area (Å²) in [5.74, 6) is -0.727. The predicted molar refractivity (Wildman–Crippen MR) is 136 cm³/mol. The number of urea groups is 1. The number of aliphatic hydroxyl groups is 2. The van der Waals surface area contributed by atoms with Crippen LogP contribution in [0.5, 0.6) is 5.75 Å². The van der Waals surface area contributed by atoms with E-state index < -0.39 is 24.7 Å². The van der Waals surface area contributed by atoms with Gasteiger partial charge >= 0.3 is 12.0 Å². The Hall–Kier alpha value is -3.63. The number of rotatable bonds is 14. The van der Waals surface area contributed by atoms with E-state index in [1.165, 1.54) is 12.0 Å². The van der Waals surface area contributed by atoms with Crippen LogP contribution < -0.4 is 15.4 Å². The quantitative estimate of drug-likeness (QED) is 0.250. The number of benzene rings is 2. The average molecular weight is 502 g/mol. The van der Waals surface area contributed by atoms with Gasteiger partial charge in [-0.1, -0.05) is 30.7 Å². The molecule has 0 aliphatic heterocycles. The number of aliphatic carboxylic acids is 1. The Bertz CT molecular complexity index is 1030. The summed E-state index contributed by atoms with van der Waals surface area (Å²) >= 11 is 0. The number of nitrogens with one attached hydrogen (secondary N) is 2.